The second-order valence-corrected chi connectivity index (χ2v) is 6.25. The second-order valence-electron chi connectivity index (χ2n) is 6.25. The van der Waals surface area contributed by atoms with Gasteiger partial charge in [-0.3, -0.25) is 10.2 Å². The molecule has 5 heteroatoms. The predicted octanol–water partition coefficient (Wildman–Crippen LogP) is 3.12. The van der Waals surface area contributed by atoms with E-state index in [9.17, 15) is 9.59 Å². The first kappa shape index (κ1) is 17.0. The van der Waals surface area contributed by atoms with E-state index in [1.165, 1.54) is 7.05 Å². The predicted molar refractivity (Wildman–Crippen MR) is 82.1 cm³/mol. The lowest BCUT2D eigenvalue weighted by atomic mass is 9.99. The summed E-state index contributed by atoms with van der Waals surface area (Å²) in [4.78, 5) is 24.2. The van der Waals surface area contributed by atoms with Gasteiger partial charge in [0.05, 0.1) is 0 Å². The summed E-state index contributed by atoms with van der Waals surface area (Å²) in [6, 6.07) is 3.88. The number of ether oxygens (including phenoxy) is 1. The Labute approximate surface area is 126 Å². The molecular weight excluding hydrogens is 268 g/mol. The topological polar surface area (TPSA) is 58.6 Å². The molecule has 0 atom stereocenters. The molecule has 0 fully saturated rings. The molecule has 0 unspecified atom stereocenters. The molecule has 5 nitrogen and oxygen atoms in total. The van der Waals surface area contributed by atoms with Crippen LogP contribution in [-0.2, 0) is 4.74 Å². The van der Waals surface area contributed by atoms with E-state index in [4.69, 9.17) is 4.74 Å². The Morgan fingerprint density at radius 1 is 1.10 bits per heavy atom. The Hall–Kier alpha value is -2.04. The van der Waals surface area contributed by atoms with Crippen LogP contribution in [0.4, 0.5) is 4.79 Å². The molecule has 0 aliphatic heterocycles. The number of nitrogens with one attached hydrogen (secondary N) is 1. The largest absolute Gasteiger partial charge is 0.442 e. The van der Waals surface area contributed by atoms with Crippen LogP contribution in [0.5, 0.6) is 0 Å². The summed E-state index contributed by atoms with van der Waals surface area (Å²) in [6.45, 7) is 11.1. The molecule has 1 aromatic carbocycles. The highest BCUT2D eigenvalue weighted by Gasteiger charge is 2.22. The van der Waals surface area contributed by atoms with Gasteiger partial charge in [-0.15, -0.1) is 0 Å². The second kappa shape index (κ2) is 6.16. The lowest BCUT2D eigenvalue weighted by Crippen LogP contribution is -2.46. The van der Waals surface area contributed by atoms with E-state index in [0.717, 1.165) is 21.7 Å². The van der Waals surface area contributed by atoms with E-state index in [1.807, 2.05) is 32.9 Å². The van der Waals surface area contributed by atoms with Gasteiger partial charge in [-0.05, 0) is 52.7 Å². The molecular formula is C16H24N2O3. The Morgan fingerprint density at radius 2 is 1.57 bits per heavy atom. The first-order chi connectivity index (χ1) is 9.51. The van der Waals surface area contributed by atoms with E-state index in [0.29, 0.717) is 5.56 Å². The van der Waals surface area contributed by atoms with Crippen molar-refractivity contribution < 1.29 is 14.3 Å². The van der Waals surface area contributed by atoms with Gasteiger partial charge in [0, 0.05) is 12.6 Å². The fraction of sp³-hybridized carbons (Fsp3) is 0.500. The number of aryl methyl sites for hydroxylation is 3. The first-order valence-corrected chi connectivity index (χ1v) is 6.87. The van der Waals surface area contributed by atoms with Crippen molar-refractivity contribution in [3.63, 3.8) is 0 Å². The molecule has 0 spiro atoms. The average molecular weight is 292 g/mol. The van der Waals surface area contributed by atoms with Crippen LogP contribution < -0.4 is 5.43 Å². The summed E-state index contributed by atoms with van der Waals surface area (Å²) < 4.78 is 5.19. The van der Waals surface area contributed by atoms with Crippen LogP contribution in [-0.4, -0.2) is 29.7 Å². The fourth-order valence-corrected chi connectivity index (χ4v) is 2.12. The summed E-state index contributed by atoms with van der Waals surface area (Å²) in [5, 5.41) is 1.06. The van der Waals surface area contributed by atoms with Crippen molar-refractivity contribution in [1.29, 1.82) is 0 Å². The number of hydrogen-bond acceptors (Lipinski definition) is 3. The molecule has 0 saturated heterocycles. The summed E-state index contributed by atoms with van der Waals surface area (Å²) in [7, 11) is 1.46. The Bertz CT molecular complexity index is 536. The van der Waals surface area contributed by atoms with Crippen molar-refractivity contribution in [2.75, 3.05) is 7.05 Å². The number of nitrogens with zero attached hydrogens (tertiary/aromatic N) is 1. The molecule has 0 radical (unpaired) electrons. The molecule has 1 aromatic rings. The highest BCUT2D eigenvalue weighted by atomic mass is 16.6. The average Bonchev–Trinajstić information content (AvgIpc) is 2.24. The maximum atomic E-state index is 12.3. The molecule has 1 N–H and O–H groups in total. The van der Waals surface area contributed by atoms with Crippen LogP contribution in [0.25, 0.3) is 0 Å². The Balaban J connectivity index is 2.85. The van der Waals surface area contributed by atoms with Gasteiger partial charge in [-0.25, -0.2) is 9.80 Å². The van der Waals surface area contributed by atoms with Gasteiger partial charge >= 0.3 is 6.09 Å². The van der Waals surface area contributed by atoms with E-state index in [2.05, 4.69) is 5.43 Å². The molecule has 0 saturated carbocycles. The van der Waals surface area contributed by atoms with Crippen LogP contribution in [0.15, 0.2) is 12.1 Å². The van der Waals surface area contributed by atoms with Crippen molar-refractivity contribution >= 4 is 12.0 Å². The Kier molecular flexibility index (Phi) is 4.99. The van der Waals surface area contributed by atoms with Crippen LogP contribution >= 0.6 is 0 Å². The van der Waals surface area contributed by atoms with E-state index in [-0.39, 0.29) is 5.91 Å². The van der Waals surface area contributed by atoms with E-state index >= 15 is 0 Å². The zero-order chi connectivity index (χ0) is 16.4. The van der Waals surface area contributed by atoms with Crippen LogP contribution in [0.3, 0.4) is 0 Å². The quantitative estimate of drug-likeness (QED) is 0.809. The molecule has 0 aromatic heterocycles. The number of hydrogen-bond donors (Lipinski definition) is 1. The highest BCUT2D eigenvalue weighted by molar-refractivity contribution is 5.97. The van der Waals surface area contributed by atoms with Gasteiger partial charge in [-0.1, -0.05) is 17.7 Å². The summed E-state index contributed by atoms with van der Waals surface area (Å²) in [6.07, 6.45) is -0.599. The molecule has 1 rings (SSSR count). The van der Waals surface area contributed by atoms with Crippen LogP contribution in [0, 0.1) is 20.8 Å². The molecule has 0 heterocycles. The van der Waals surface area contributed by atoms with Gasteiger partial charge in [0.2, 0.25) is 0 Å². The maximum Gasteiger partial charge on any atom is 0.428 e. The lowest BCUT2D eigenvalue weighted by molar-refractivity contribution is 0.0194. The summed E-state index contributed by atoms with van der Waals surface area (Å²) >= 11 is 0. The smallest absolute Gasteiger partial charge is 0.428 e. The normalized spacial score (nSPS) is 11.0. The number of hydrazine groups is 1. The van der Waals surface area contributed by atoms with Crippen LogP contribution in [0.1, 0.15) is 47.8 Å². The number of carbonyl (C=O) groups excluding carboxylic acids is 2. The van der Waals surface area contributed by atoms with Gasteiger partial charge in [0.1, 0.15) is 5.60 Å². The Morgan fingerprint density at radius 3 is 2.00 bits per heavy atom. The minimum absolute atomic E-state index is 0.321. The van der Waals surface area contributed by atoms with Gasteiger partial charge in [-0.2, -0.15) is 0 Å². The van der Waals surface area contributed by atoms with Crippen molar-refractivity contribution in [2.45, 2.75) is 47.1 Å². The lowest BCUT2D eigenvalue weighted by Gasteiger charge is -2.25. The van der Waals surface area contributed by atoms with E-state index < -0.39 is 11.7 Å². The number of carbonyl (C=O) groups is 2. The van der Waals surface area contributed by atoms with Crippen molar-refractivity contribution in [2.24, 2.45) is 0 Å². The first-order valence-electron chi connectivity index (χ1n) is 6.87. The minimum Gasteiger partial charge on any atom is -0.442 e. The maximum absolute atomic E-state index is 12.3. The van der Waals surface area contributed by atoms with Gasteiger partial charge in [0.15, 0.2) is 0 Å². The van der Waals surface area contributed by atoms with Crippen molar-refractivity contribution in [3.05, 3.63) is 34.4 Å². The zero-order valence-electron chi connectivity index (χ0n) is 13.8. The standard InChI is InChI=1S/C16H24N2O3/c1-10-8-11(2)13(12(3)9-10)14(19)17-18(7)15(20)21-16(4,5)6/h8-9H,1-7H3,(H,17,19). The van der Waals surface area contributed by atoms with E-state index in [1.54, 1.807) is 20.8 Å². The SMILES string of the molecule is Cc1cc(C)c(C(=O)NN(C)C(=O)OC(C)(C)C)c(C)c1. The third kappa shape index (κ3) is 4.77. The van der Waals surface area contributed by atoms with Gasteiger partial charge < -0.3 is 4.74 Å². The summed E-state index contributed by atoms with van der Waals surface area (Å²) in [5.41, 5.74) is 5.37. The third-order valence-corrected chi connectivity index (χ3v) is 2.84. The molecule has 0 aliphatic rings. The minimum atomic E-state index is -0.605. The summed E-state index contributed by atoms with van der Waals surface area (Å²) in [5.74, 6) is -0.321. The van der Waals surface area contributed by atoms with Gasteiger partial charge in [0.25, 0.3) is 5.91 Å². The van der Waals surface area contributed by atoms with Crippen LogP contribution in [0.2, 0.25) is 0 Å². The molecule has 2 amide bonds. The van der Waals surface area contributed by atoms with Crippen molar-refractivity contribution in [1.82, 2.24) is 10.4 Å². The molecule has 116 valence electrons. The number of amides is 2. The molecule has 21 heavy (non-hydrogen) atoms. The molecule has 0 aliphatic carbocycles. The highest BCUT2D eigenvalue weighted by Crippen LogP contribution is 2.16. The third-order valence-electron chi connectivity index (χ3n) is 2.84. The molecule has 0 bridgehead atoms. The monoisotopic (exact) mass is 292 g/mol. The zero-order valence-corrected chi connectivity index (χ0v) is 13.8. The van der Waals surface area contributed by atoms with Crippen molar-refractivity contribution in [3.8, 4) is 0 Å². The number of rotatable bonds is 1. The fourth-order valence-electron chi connectivity index (χ4n) is 2.12. The number of benzene rings is 1.